The number of anilines is 1. The quantitative estimate of drug-likeness (QED) is 0.569. The van der Waals surface area contributed by atoms with Gasteiger partial charge in [-0.15, -0.1) is 0 Å². The van der Waals surface area contributed by atoms with E-state index in [1.807, 2.05) is 42.5 Å². The van der Waals surface area contributed by atoms with Gasteiger partial charge in [-0.2, -0.15) is 0 Å². The fourth-order valence-electron chi connectivity index (χ4n) is 3.66. The lowest BCUT2D eigenvalue weighted by molar-refractivity contribution is -0.123. The minimum absolute atomic E-state index is 0.0165. The Labute approximate surface area is 185 Å². The highest BCUT2D eigenvalue weighted by molar-refractivity contribution is 7.88. The van der Waals surface area contributed by atoms with Crippen LogP contribution in [0.2, 0.25) is 5.02 Å². The van der Waals surface area contributed by atoms with Crippen LogP contribution in [0, 0.1) is 5.92 Å². The number of halogens is 1. The Bertz CT molecular complexity index is 1160. The van der Waals surface area contributed by atoms with E-state index in [0.717, 1.165) is 15.8 Å². The predicted octanol–water partition coefficient (Wildman–Crippen LogP) is 4.15. The molecule has 1 aliphatic heterocycles. The first-order valence-electron chi connectivity index (χ1n) is 9.68. The van der Waals surface area contributed by atoms with Gasteiger partial charge in [0.2, 0.25) is 15.9 Å². The Morgan fingerprint density at radius 3 is 2.57 bits per heavy atom. The maximum Gasteiger partial charge on any atom is 0.232 e. The highest BCUT2D eigenvalue weighted by Crippen LogP contribution is 2.33. The summed E-state index contributed by atoms with van der Waals surface area (Å²) in [6.07, 6.45) is 2.23. The summed E-state index contributed by atoms with van der Waals surface area (Å²) in [6.45, 7) is 1.15. The van der Waals surface area contributed by atoms with Crippen molar-refractivity contribution in [1.82, 2.24) is 9.29 Å². The van der Waals surface area contributed by atoms with Gasteiger partial charge in [0.1, 0.15) is 0 Å². The Kier molecular flexibility index (Phi) is 6.11. The third-order valence-electron chi connectivity index (χ3n) is 5.29. The Morgan fingerprint density at radius 2 is 1.90 bits per heavy atom. The molecule has 1 fully saturated rings. The van der Waals surface area contributed by atoms with Gasteiger partial charge in [-0.05, 0) is 36.6 Å². The van der Waals surface area contributed by atoms with Crippen molar-refractivity contribution >= 4 is 54.2 Å². The second-order valence-electron chi connectivity index (χ2n) is 7.45. The minimum Gasteiger partial charge on any atom is -0.283 e. The first-order chi connectivity index (χ1) is 14.3. The highest BCUT2D eigenvalue weighted by atomic mass is 35.5. The lowest BCUT2D eigenvalue weighted by Gasteiger charge is -2.32. The van der Waals surface area contributed by atoms with E-state index in [1.165, 1.54) is 21.9 Å². The van der Waals surface area contributed by atoms with Crippen molar-refractivity contribution < 1.29 is 13.2 Å². The summed E-state index contributed by atoms with van der Waals surface area (Å²) >= 11 is 7.56. The van der Waals surface area contributed by atoms with Crippen molar-refractivity contribution in [3.05, 3.63) is 59.1 Å². The second kappa shape index (κ2) is 8.63. The van der Waals surface area contributed by atoms with Crippen molar-refractivity contribution in [2.45, 2.75) is 19.4 Å². The lowest BCUT2D eigenvalue weighted by Crippen LogP contribution is -2.44. The first kappa shape index (κ1) is 21.2. The average Bonchev–Trinajstić information content (AvgIpc) is 3.14. The summed E-state index contributed by atoms with van der Waals surface area (Å²) in [5.74, 6) is -0.250. The van der Waals surface area contributed by atoms with E-state index >= 15 is 0 Å². The van der Waals surface area contributed by atoms with Crippen LogP contribution in [0.5, 0.6) is 0 Å². The molecule has 0 atom stereocenters. The number of carbonyl (C=O) groups excluding carboxylic acids is 1. The largest absolute Gasteiger partial charge is 0.283 e. The number of sulfonamides is 1. The first-order valence-corrected chi connectivity index (χ1v) is 12.7. The van der Waals surface area contributed by atoms with Crippen LogP contribution >= 0.6 is 22.9 Å². The van der Waals surface area contributed by atoms with Gasteiger partial charge in [-0.25, -0.2) is 17.7 Å². The van der Waals surface area contributed by atoms with Gasteiger partial charge >= 0.3 is 0 Å². The summed E-state index contributed by atoms with van der Waals surface area (Å²) in [7, 11) is -3.23. The zero-order valence-corrected chi connectivity index (χ0v) is 18.9. The molecule has 0 bridgehead atoms. The molecule has 2 heterocycles. The standard InChI is InChI=1S/C21H22ClN3O3S2/c1-30(27,28)24-11-9-16(10-12-24)20(26)25(14-15-5-3-2-4-6-15)21-23-18-8-7-17(22)13-19(18)29-21/h2-8,13,16H,9-12,14H2,1H3. The fraction of sp³-hybridized carbons (Fsp3) is 0.333. The van der Waals surface area contributed by atoms with Gasteiger partial charge < -0.3 is 0 Å². The van der Waals surface area contributed by atoms with Crippen LogP contribution in [0.1, 0.15) is 18.4 Å². The third-order valence-corrected chi connectivity index (χ3v) is 7.87. The number of piperidine rings is 1. The van der Waals surface area contributed by atoms with Gasteiger partial charge in [-0.3, -0.25) is 9.69 Å². The van der Waals surface area contributed by atoms with Crippen LogP contribution in [-0.2, 0) is 21.4 Å². The maximum atomic E-state index is 13.5. The molecule has 1 saturated heterocycles. The van der Waals surface area contributed by atoms with E-state index in [-0.39, 0.29) is 11.8 Å². The van der Waals surface area contributed by atoms with Crippen molar-refractivity contribution in [2.24, 2.45) is 5.92 Å². The molecule has 0 spiro atoms. The summed E-state index contributed by atoms with van der Waals surface area (Å²) in [4.78, 5) is 19.9. The van der Waals surface area contributed by atoms with Gasteiger partial charge in [0.15, 0.2) is 5.13 Å². The highest BCUT2D eigenvalue weighted by Gasteiger charge is 2.33. The number of aromatic nitrogens is 1. The summed E-state index contributed by atoms with van der Waals surface area (Å²) in [5.41, 5.74) is 1.81. The van der Waals surface area contributed by atoms with Gasteiger partial charge in [-0.1, -0.05) is 53.3 Å². The Balaban J connectivity index is 1.62. The summed E-state index contributed by atoms with van der Waals surface area (Å²) in [6, 6.07) is 15.3. The number of nitrogens with zero attached hydrogens (tertiary/aromatic N) is 3. The molecule has 6 nitrogen and oxygen atoms in total. The van der Waals surface area contributed by atoms with Crippen molar-refractivity contribution in [3.8, 4) is 0 Å². The maximum absolute atomic E-state index is 13.5. The van der Waals surface area contributed by atoms with Crippen molar-refractivity contribution in [3.63, 3.8) is 0 Å². The smallest absolute Gasteiger partial charge is 0.232 e. The molecule has 3 aromatic rings. The molecule has 0 N–H and O–H groups in total. The number of amides is 1. The number of rotatable bonds is 5. The number of hydrogen-bond acceptors (Lipinski definition) is 5. The van der Waals surface area contributed by atoms with E-state index in [9.17, 15) is 13.2 Å². The fourth-order valence-corrected chi connectivity index (χ4v) is 5.78. The van der Waals surface area contributed by atoms with Gasteiger partial charge in [0, 0.05) is 24.0 Å². The molecule has 1 amide bonds. The van der Waals surface area contributed by atoms with E-state index in [1.54, 1.807) is 11.0 Å². The third kappa shape index (κ3) is 4.67. The lowest BCUT2D eigenvalue weighted by atomic mass is 9.96. The molecule has 0 saturated carbocycles. The number of benzene rings is 2. The van der Waals surface area contributed by atoms with E-state index in [2.05, 4.69) is 4.98 Å². The molecular formula is C21H22ClN3O3S2. The summed E-state index contributed by atoms with van der Waals surface area (Å²) < 4.78 is 26.0. The van der Waals surface area contributed by atoms with Crippen LogP contribution < -0.4 is 4.90 Å². The minimum atomic E-state index is -3.23. The normalized spacial score (nSPS) is 16.1. The molecule has 1 aliphatic rings. The SMILES string of the molecule is CS(=O)(=O)N1CCC(C(=O)N(Cc2ccccc2)c2nc3ccc(Cl)cc3s2)CC1. The monoisotopic (exact) mass is 463 g/mol. The molecule has 9 heteroatoms. The van der Waals surface area contributed by atoms with Gasteiger partial charge in [0.05, 0.1) is 23.0 Å². The molecule has 0 radical (unpaired) electrons. The van der Waals surface area contributed by atoms with E-state index in [4.69, 9.17) is 11.6 Å². The van der Waals surface area contributed by atoms with Crippen LogP contribution in [0.3, 0.4) is 0 Å². The molecule has 0 aliphatic carbocycles. The topological polar surface area (TPSA) is 70.6 Å². The zero-order chi connectivity index (χ0) is 21.3. The number of thiazole rings is 1. The Morgan fingerprint density at radius 1 is 1.20 bits per heavy atom. The number of fused-ring (bicyclic) bond motifs is 1. The molecule has 1 aromatic heterocycles. The molecule has 0 unspecified atom stereocenters. The van der Waals surface area contributed by atoms with Crippen LogP contribution in [0.15, 0.2) is 48.5 Å². The number of hydrogen-bond donors (Lipinski definition) is 0. The predicted molar refractivity (Wildman–Crippen MR) is 121 cm³/mol. The van der Waals surface area contributed by atoms with Crippen LogP contribution in [-0.4, -0.2) is 43.0 Å². The molecule has 2 aromatic carbocycles. The average molecular weight is 464 g/mol. The Hall–Kier alpha value is -2.00. The van der Waals surface area contributed by atoms with Gasteiger partial charge in [0.25, 0.3) is 0 Å². The van der Waals surface area contributed by atoms with E-state index < -0.39 is 10.0 Å². The van der Waals surface area contributed by atoms with E-state index in [0.29, 0.717) is 42.6 Å². The number of carbonyl (C=O) groups is 1. The van der Waals surface area contributed by atoms with Crippen molar-refractivity contribution in [1.29, 1.82) is 0 Å². The molecule has 4 rings (SSSR count). The molecule has 30 heavy (non-hydrogen) atoms. The van der Waals surface area contributed by atoms with Crippen molar-refractivity contribution in [2.75, 3.05) is 24.2 Å². The molecular weight excluding hydrogens is 442 g/mol. The second-order valence-corrected chi connectivity index (χ2v) is 10.9. The van der Waals surface area contributed by atoms with Crippen LogP contribution in [0.4, 0.5) is 5.13 Å². The zero-order valence-electron chi connectivity index (χ0n) is 16.5. The van der Waals surface area contributed by atoms with Crippen LogP contribution in [0.25, 0.3) is 10.2 Å². The molecule has 158 valence electrons. The summed E-state index contributed by atoms with van der Waals surface area (Å²) in [5, 5.41) is 1.26.